The molecule has 0 saturated carbocycles. The molecule has 4 nitrogen and oxygen atoms in total. The standard InChI is InChI=1S/C14H16N4.HI/c1-10-6-3-4-7-12(10)17-11(2)18(15)14-13(17)8-5-9-16-14;/h3-9,11H,15H2,1-2H3;1H/t11-;/m1./s1. The van der Waals surface area contributed by atoms with Gasteiger partial charge in [0, 0.05) is 18.8 Å². The van der Waals surface area contributed by atoms with Gasteiger partial charge in [-0.3, -0.25) is 4.90 Å². The lowest BCUT2D eigenvalue weighted by molar-refractivity contribution is -0.865. The van der Waals surface area contributed by atoms with Crippen LogP contribution in [0.25, 0.3) is 0 Å². The summed E-state index contributed by atoms with van der Waals surface area (Å²) in [4.78, 5) is 6.65. The molecule has 0 fully saturated rings. The van der Waals surface area contributed by atoms with Crippen LogP contribution in [0.3, 0.4) is 0 Å². The summed E-state index contributed by atoms with van der Waals surface area (Å²) in [6.45, 7) is 4.23. The largest absolute Gasteiger partial charge is 1.00 e. The summed E-state index contributed by atoms with van der Waals surface area (Å²) in [5.74, 6) is 7.09. The maximum atomic E-state index is 6.18. The van der Waals surface area contributed by atoms with Gasteiger partial charge in [-0.1, -0.05) is 18.2 Å². The molecule has 3 rings (SSSR count). The van der Waals surface area contributed by atoms with Crippen LogP contribution in [0, 0.1) is 6.92 Å². The number of fused-ring (bicyclic) bond motifs is 1. The van der Waals surface area contributed by atoms with E-state index < -0.39 is 0 Å². The third-order valence-corrected chi connectivity index (χ3v) is 3.53. The van der Waals surface area contributed by atoms with Crippen LogP contribution in [0.2, 0.25) is 0 Å². The molecule has 0 radical (unpaired) electrons. The van der Waals surface area contributed by atoms with E-state index in [1.165, 1.54) is 11.3 Å². The molecule has 0 aliphatic carbocycles. The van der Waals surface area contributed by atoms with E-state index in [0.29, 0.717) is 0 Å². The summed E-state index contributed by atoms with van der Waals surface area (Å²) in [6, 6.07) is 12.4. The zero-order valence-corrected chi connectivity index (χ0v) is 13.1. The van der Waals surface area contributed by atoms with Gasteiger partial charge in [0.05, 0.1) is 0 Å². The number of aromatic nitrogens is 1. The van der Waals surface area contributed by atoms with E-state index in [1.807, 2.05) is 6.07 Å². The molecule has 0 saturated heterocycles. The Labute approximate surface area is 130 Å². The predicted octanol–water partition coefficient (Wildman–Crippen LogP) is -1.72. The van der Waals surface area contributed by atoms with Crippen molar-refractivity contribution in [1.29, 1.82) is 0 Å². The highest BCUT2D eigenvalue weighted by Gasteiger charge is 2.38. The van der Waals surface area contributed by atoms with Crippen LogP contribution in [0.5, 0.6) is 0 Å². The molecular weight excluding hydrogens is 351 g/mol. The molecule has 1 aromatic carbocycles. The number of nitrogens with one attached hydrogen (secondary N) is 1. The van der Waals surface area contributed by atoms with Crippen molar-refractivity contribution in [3.63, 3.8) is 0 Å². The number of anilines is 2. The third kappa shape index (κ3) is 2.22. The molecule has 0 bridgehead atoms. The summed E-state index contributed by atoms with van der Waals surface area (Å²) in [5.41, 5.74) is 3.53. The van der Waals surface area contributed by atoms with E-state index >= 15 is 0 Å². The number of quaternary nitrogens is 1. The zero-order valence-electron chi connectivity index (χ0n) is 11.0. The van der Waals surface area contributed by atoms with Gasteiger partial charge < -0.3 is 24.0 Å². The van der Waals surface area contributed by atoms with E-state index in [1.54, 1.807) is 6.20 Å². The second-order valence-electron chi connectivity index (χ2n) is 4.66. The zero-order chi connectivity index (χ0) is 12.7. The quantitative estimate of drug-likeness (QED) is 0.465. The summed E-state index contributed by atoms with van der Waals surface area (Å²) in [6.07, 6.45) is 1.94. The summed E-state index contributed by atoms with van der Waals surface area (Å²) < 4.78 is 0. The van der Waals surface area contributed by atoms with Crippen LogP contribution in [-0.2, 0) is 0 Å². The first-order valence-corrected chi connectivity index (χ1v) is 6.12. The van der Waals surface area contributed by atoms with Gasteiger partial charge in [-0.25, -0.2) is 4.98 Å². The number of benzene rings is 1. The first-order chi connectivity index (χ1) is 8.70. The lowest BCUT2D eigenvalue weighted by atomic mass is 10.1. The molecular formula is C14H17IN4. The molecule has 5 heteroatoms. The van der Waals surface area contributed by atoms with E-state index in [4.69, 9.17) is 5.84 Å². The van der Waals surface area contributed by atoms with Crippen molar-refractivity contribution in [2.45, 2.75) is 20.0 Å². The van der Waals surface area contributed by atoms with Gasteiger partial charge in [0.25, 0.3) is 5.82 Å². The lowest BCUT2D eigenvalue weighted by Crippen LogP contribution is -3.16. The molecule has 1 aromatic heterocycles. The van der Waals surface area contributed by atoms with Crippen LogP contribution in [-0.4, -0.2) is 11.1 Å². The van der Waals surface area contributed by atoms with Crippen molar-refractivity contribution in [3.8, 4) is 0 Å². The Morgan fingerprint density at radius 2 is 1.84 bits per heavy atom. The van der Waals surface area contributed by atoms with E-state index in [-0.39, 0.29) is 30.1 Å². The topological polar surface area (TPSA) is 46.6 Å². The fourth-order valence-electron chi connectivity index (χ4n) is 2.53. The van der Waals surface area contributed by atoms with Gasteiger partial charge >= 0.3 is 0 Å². The number of nitrogen functional groups attached to an aromatic ring is 1. The average Bonchev–Trinajstić information content (AvgIpc) is 2.64. The summed E-state index contributed by atoms with van der Waals surface area (Å²) >= 11 is 0. The van der Waals surface area contributed by atoms with Gasteiger partial charge in [0.1, 0.15) is 5.69 Å². The molecule has 2 atom stereocenters. The van der Waals surface area contributed by atoms with E-state index in [2.05, 4.69) is 54.1 Å². The lowest BCUT2D eigenvalue weighted by Gasteiger charge is -2.24. The van der Waals surface area contributed by atoms with Crippen LogP contribution in [0.1, 0.15) is 12.5 Å². The highest BCUT2D eigenvalue weighted by Crippen LogP contribution is 2.35. The molecule has 19 heavy (non-hydrogen) atoms. The van der Waals surface area contributed by atoms with Crippen LogP contribution in [0.15, 0.2) is 42.6 Å². The minimum Gasteiger partial charge on any atom is -1.00 e. The smallest absolute Gasteiger partial charge is 0.271 e. The molecule has 100 valence electrons. The molecule has 1 aliphatic heterocycles. The average molecular weight is 368 g/mol. The number of rotatable bonds is 1. The molecule has 2 heterocycles. The summed E-state index contributed by atoms with van der Waals surface area (Å²) in [7, 11) is 0. The number of nitrogens with two attached hydrogens (primary N) is 1. The molecule has 0 amide bonds. The fourth-order valence-corrected chi connectivity index (χ4v) is 2.53. The number of nitrogens with zero attached hydrogens (tertiary/aromatic N) is 2. The number of hydrogen-bond donors (Lipinski definition) is 2. The van der Waals surface area contributed by atoms with E-state index in [0.717, 1.165) is 16.5 Å². The van der Waals surface area contributed by atoms with E-state index in [9.17, 15) is 0 Å². The second-order valence-corrected chi connectivity index (χ2v) is 4.66. The molecule has 2 aromatic rings. The van der Waals surface area contributed by atoms with Crippen LogP contribution in [0.4, 0.5) is 17.2 Å². The van der Waals surface area contributed by atoms with Crippen molar-refractivity contribution in [3.05, 3.63) is 48.2 Å². The Hall–Kier alpha value is -1.18. The highest BCUT2D eigenvalue weighted by molar-refractivity contribution is 5.74. The Bertz CT molecular complexity index is 587. The Balaban J connectivity index is 0.00000133. The van der Waals surface area contributed by atoms with Gasteiger partial charge in [-0.15, -0.1) is 0 Å². The second kappa shape index (κ2) is 5.44. The maximum Gasteiger partial charge on any atom is 0.271 e. The molecule has 0 spiro atoms. The minimum atomic E-state index is 0. The fraction of sp³-hybridized carbons (Fsp3) is 0.214. The Morgan fingerprint density at radius 1 is 1.16 bits per heavy atom. The Morgan fingerprint density at radius 3 is 2.58 bits per heavy atom. The van der Waals surface area contributed by atoms with Gasteiger partial charge in [0.2, 0.25) is 0 Å². The van der Waals surface area contributed by atoms with Crippen molar-refractivity contribution >= 4 is 17.2 Å². The highest BCUT2D eigenvalue weighted by atomic mass is 127. The van der Waals surface area contributed by atoms with Crippen molar-refractivity contribution in [2.75, 3.05) is 4.90 Å². The first kappa shape index (κ1) is 14.2. The maximum absolute atomic E-state index is 6.18. The minimum absolute atomic E-state index is 0. The first-order valence-electron chi connectivity index (χ1n) is 6.12. The third-order valence-electron chi connectivity index (χ3n) is 3.53. The van der Waals surface area contributed by atoms with Gasteiger partial charge in [0.15, 0.2) is 6.17 Å². The summed E-state index contributed by atoms with van der Waals surface area (Å²) in [5, 5.41) is 0.842. The number of hydrogen-bond acceptors (Lipinski definition) is 3. The van der Waals surface area contributed by atoms with Crippen LogP contribution >= 0.6 is 0 Å². The SMILES string of the molecule is Cc1ccccc1N1c2cccnc2[NH+](N)[C@@H]1C.[I-]. The van der Waals surface area contributed by atoms with Crippen LogP contribution < -0.4 is 39.7 Å². The predicted molar refractivity (Wildman–Crippen MR) is 71.8 cm³/mol. The van der Waals surface area contributed by atoms with Gasteiger partial charge in [-0.2, -0.15) is 10.9 Å². The van der Waals surface area contributed by atoms with Gasteiger partial charge in [-0.05, 0) is 30.7 Å². The number of aryl methyl sites for hydroxylation is 1. The van der Waals surface area contributed by atoms with Crippen molar-refractivity contribution in [1.82, 2.24) is 4.98 Å². The normalized spacial score (nSPS) is 20.9. The molecule has 1 unspecified atom stereocenters. The number of pyridine rings is 1. The number of para-hydroxylation sites is 1. The van der Waals surface area contributed by atoms with Crippen molar-refractivity contribution in [2.24, 2.45) is 5.84 Å². The molecule has 1 aliphatic rings. The monoisotopic (exact) mass is 368 g/mol. The number of halogens is 1. The Kier molecular flexibility index (Phi) is 4.07. The van der Waals surface area contributed by atoms with Crippen molar-refractivity contribution < 1.29 is 29.0 Å². The molecule has 3 N–H and O–H groups in total.